The second kappa shape index (κ2) is 13.4. The number of ether oxygens (including phenoxy) is 2. The lowest BCUT2D eigenvalue weighted by molar-refractivity contribution is -0.145. The maximum absolute atomic E-state index is 14.3. The number of rotatable bonds is 8. The Morgan fingerprint density at radius 2 is 1.17 bits per heavy atom. The van der Waals surface area contributed by atoms with Gasteiger partial charge in [0.25, 0.3) is 5.56 Å². The minimum Gasteiger partial charge on any atom is -0.467 e. The van der Waals surface area contributed by atoms with E-state index < -0.39 is 69.2 Å². The van der Waals surface area contributed by atoms with E-state index in [1.165, 1.54) is 40.2 Å². The molecule has 0 atom stereocenters. The number of methoxy groups -OCH3 is 2. The molecule has 0 spiro atoms. The molecule has 4 aromatic rings. The number of hydrogen-bond acceptors (Lipinski definition) is 10. The predicted octanol–water partition coefficient (Wildman–Crippen LogP) is 6.43. The van der Waals surface area contributed by atoms with E-state index in [2.05, 4.69) is 35.1 Å². The lowest BCUT2D eigenvalue weighted by Crippen LogP contribution is -2.41. The number of esters is 2. The summed E-state index contributed by atoms with van der Waals surface area (Å²) in [5, 5.41) is 5.05. The van der Waals surface area contributed by atoms with Gasteiger partial charge in [0.15, 0.2) is 17.5 Å². The van der Waals surface area contributed by atoms with E-state index >= 15 is 0 Å². The van der Waals surface area contributed by atoms with Gasteiger partial charge in [-0.05, 0) is 52.0 Å². The van der Waals surface area contributed by atoms with E-state index in [1.807, 2.05) is 4.98 Å². The Kier molecular flexibility index (Phi) is 10.6. The minimum atomic E-state index is -3.41. The van der Waals surface area contributed by atoms with Crippen LogP contribution in [0.2, 0.25) is 5.15 Å². The summed E-state index contributed by atoms with van der Waals surface area (Å²) >= 11 is 5.90. The van der Waals surface area contributed by atoms with Crippen molar-refractivity contribution in [2.75, 3.05) is 24.9 Å². The summed E-state index contributed by atoms with van der Waals surface area (Å²) in [5.41, 5.74) is -3.72. The van der Waals surface area contributed by atoms with Gasteiger partial charge in [-0.25, -0.2) is 33.3 Å². The zero-order valence-electron chi connectivity index (χ0n) is 26.8. The van der Waals surface area contributed by atoms with Crippen LogP contribution in [-0.4, -0.2) is 57.2 Å². The average Bonchev–Trinajstić information content (AvgIpc) is 2.96. The van der Waals surface area contributed by atoms with Crippen LogP contribution < -0.4 is 16.2 Å². The highest BCUT2D eigenvalue weighted by molar-refractivity contribution is 6.34. The van der Waals surface area contributed by atoms with Crippen LogP contribution in [0.3, 0.4) is 0 Å². The highest BCUT2D eigenvalue weighted by atomic mass is 35.5. The molecule has 0 saturated heterocycles. The third-order valence-electron chi connectivity index (χ3n) is 6.58. The topological polar surface area (TPSA) is 148 Å². The highest BCUT2D eigenvalue weighted by Crippen LogP contribution is 2.32. The number of carbonyl (C=O) groups excluding carboxylic acids is 2. The Labute approximate surface area is 274 Å². The number of hydrogen-bond donors (Lipinski definition) is 3. The molecule has 48 heavy (non-hydrogen) atoms. The number of carbonyl (C=O) groups is 2. The molecular formula is C30H31ClF6N6O5. The molecule has 2 heterocycles. The van der Waals surface area contributed by atoms with Gasteiger partial charge in [-0.3, -0.25) is 4.79 Å². The summed E-state index contributed by atoms with van der Waals surface area (Å²) in [5.74, 6) is -11.6. The Hall–Kier alpha value is -4.67. The SMILES string of the molecule is COC(=O)C(C)(C)Nc1cc(F)c2nc(C(C)(F)F)[nH]c(=O)c2c1.COC(=O)C(C)(C)Nc1cc(F)c2nc(C(C)(F)F)nc(Cl)c2c1. The summed E-state index contributed by atoms with van der Waals surface area (Å²) in [6.45, 7) is 7.23. The summed E-state index contributed by atoms with van der Waals surface area (Å²) in [7, 11) is 2.43. The molecule has 0 aliphatic heterocycles. The zero-order valence-corrected chi connectivity index (χ0v) is 27.6. The molecule has 0 aliphatic rings. The average molecular weight is 705 g/mol. The van der Waals surface area contributed by atoms with Crippen molar-refractivity contribution in [1.29, 1.82) is 0 Å². The van der Waals surface area contributed by atoms with Crippen molar-refractivity contribution in [2.45, 2.75) is 64.5 Å². The second-order valence-corrected chi connectivity index (χ2v) is 12.1. The lowest BCUT2D eigenvalue weighted by atomic mass is 10.0. The summed E-state index contributed by atoms with van der Waals surface area (Å²) in [4.78, 5) is 47.9. The molecule has 0 saturated carbocycles. The Morgan fingerprint density at radius 3 is 1.58 bits per heavy atom. The lowest BCUT2D eigenvalue weighted by Gasteiger charge is -2.24. The molecular weight excluding hydrogens is 674 g/mol. The number of alkyl halides is 4. The van der Waals surface area contributed by atoms with Crippen molar-refractivity contribution < 1.29 is 45.4 Å². The highest BCUT2D eigenvalue weighted by Gasteiger charge is 2.33. The van der Waals surface area contributed by atoms with Gasteiger partial charge in [0.1, 0.15) is 27.3 Å². The van der Waals surface area contributed by atoms with Crippen molar-refractivity contribution >= 4 is 56.7 Å². The third-order valence-corrected chi connectivity index (χ3v) is 6.87. The summed E-state index contributed by atoms with van der Waals surface area (Å²) in [6.07, 6.45) is 0. The van der Waals surface area contributed by atoms with Crippen molar-refractivity contribution in [3.8, 4) is 0 Å². The molecule has 0 amide bonds. The first-order chi connectivity index (χ1) is 21.9. The number of anilines is 2. The van der Waals surface area contributed by atoms with Crippen LogP contribution in [0, 0.1) is 11.6 Å². The molecule has 0 radical (unpaired) electrons. The Morgan fingerprint density at radius 1 is 0.729 bits per heavy atom. The third kappa shape index (κ3) is 8.42. The standard InChI is InChI=1S/C15H15ClF3N3O2.C15H16F3N3O3/c1-14(2,13(23)24-4)22-7-5-8-10(9(17)6-7)20-12(15(3,18)19)21-11(8)16;1-14(2,13(23)24-4)21-7-5-8-10(9(16)6-7)19-12(15(3,17)18)20-11(8)22/h5-6,22H,1-4H3;5-6,21H,1-4H3,(H,19,20,22). The number of nitrogens with one attached hydrogen (secondary N) is 3. The molecule has 0 aliphatic carbocycles. The van der Waals surface area contributed by atoms with Gasteiger partial charge >= 0.3 is 23.8 Å². The van der Waals surface area contributed by atoms with E-state index in [4.69, 9.17) is 11.6 Å². The summed E-state index contributed by atoms with van der Waals surface area (Å²) < 4.78 is 91.1. The summed E-state index contributed by atoms with van der Waals surface area (Å²) in [6, 6.07) is 4.61. The van der Waals surface area contributed by atoms with Gasteiger partial charge in [0, 0.05) is 30.6 Å². The van der Waals surface area contributed by atoms with Crippen LogP contribution in [0.15, 0.2) is 29.1 Å². The number of H-pyrrole nitrogens is 1. The molecule has 18 heteroatoms. The second-order valence-electron chi connectivity index (χ2n) is 11.7. The Bertz CT molecular complexity index is 1940. The van der Waals surface area contributed by atoms with Crippen molar-refractivity contribution in [3.63, 3.8) is 0 Å². The molecule has 0 bridgehead atoms. The molecule has 4 rings (SSSR count). The normalized spacial score (nSPS) is 12.3. The molecule has 2 aromatic heterocycles. The quantitative estimate of drug-likeness (QED) is 0.106. The smallest absolute Gasteiger partial charge is 0.330 e. The largest absolute Gasteiger partial charge is 0.467 e. The number of aromatic nitrogens is 4. The maximum atomic E-state index is 14.3. The molecule has 260 valence electrons. The first kappa shape index (κ1) is 37.8. The first-order valence-corrected chi connectivity index (χ1v) is 14.2. The van der Waals surface area contributed by atoms with Gasteiger partial charge < -0.3 is 25.1 Å². The van der Waals surface area contributed by atoms with Crippen LogP contribution in [0.5, 0.6) is 0 Å². The number of aromatic amines is 1. The van der Waals surface area contributed by atoms with Gasteiger partial charge in [-0.1, -0.05) is 11.6 Å². The van der Waals surface area contributed by atoms with Crippen molar-refractivity contribution in [3.05, 3.63) is 63.1 Å². The fourth-order valence-corrected chi connectivity index (χ4v) is 4.46. The van der Waals surface area contributed by atoms with Crippen LogP contribution in [0.1, 0.15) is 53.2 Å². The monoisotopic (exact) mass is 704 g/mol. The van der Waals surface area contributed by atoms with Gasteiger partial charge in [-0.15, -0.1) is 0 Å². The number of nitrogens with zero attached hydrogens (tertiary/aromatic N) is 3. The fourth-order valence-electron chi connectivity index (χ4n) is 4.24. The zero-order chi connectivity index (χ0) is 36.6. The van der Waals surface area contributed by atoms with E-state index in [0.717, 1.165) is 12.1 Å². The number of benzene rings is 2. The fraction of sp³-hybridized carbons (Fsp3) is 0.400. The van der Waals surface area contributed by atoms with E-state index in [1.54, 1.807) is 13.8 Å². The first-order valence-electron chi connectivity index (χ1n) is 13.8. The van der Waals surface area contributed by atoms with Gasteiger partial charge in [0.2, 0.25) is 5.82 Å². The number of halogens is 7. The van der Waals surface area contributed by atoms with Crippen molar-refractivity contribution in [1.82, 2.24) is 19.9 Å². The van der Waals surface area contributed by atoms with Gasteiger partial charge in [0.05, 0.1) is 19.6 Å². The van der Waals surface area contributed by atoms with Gasteiger partial charge in [-0.2, -0.15) is 17.6 Å². The predicted molar refractivity (Wildman–Crippen MR) is 165 cm³/mol. The molecule has 11 nitrogen and oxygen atoms in total. The molecule has 3 N–H and O–H groups in total. The number of fused-ring (bicyclic) bond motifs is 2. The van der Waals surface area contributed by atoms with E-state index in [0.29, 0.717) is 13.8 Å². The van der Waals surface area contributed by atoms with Crippen LogP contribution in [-0.2, 0) is 30.9 Å². The molecule has 2 aromatic carbocycles. The van der Waals surface area contributed by atoms with Crippen LogP contribution in [0.25, 0.3) is 21.8 Å². The van der Waals surface area contributed by atoms with E-state index in [9.17, 15) is 40.7 Å². The van der Waals surface area contributed by atoms with Crippen LogP contribution >= 0.6 is 11.6 Å². The Balaban J connectivity index is 0.000000260. The minimum absolute atomic E-state index is 0.0489. The van der Waals surface area contributed by atoms with E-state index in [-0.39, 0.29) is 32.8 Å². The van der Waals surface area contributed by atoms with Crippen LogP contribution in [0.4, 0.5) is 37.7 Å². The maximum Gasteiger partial charge on any atom is 0.330 e. The van der Waals surface area contributed by atoms with Crippen molar-refractivity contribution in [2.24, 2.45) is 0 Å². The molecule has 0 unspecified atom stereocenters. The molecule has 0 fully saturated rings.